The Labute approximate surface area is 859 Å². The van der Waals surface area contributed by atoms with Crippen molar-refractivity contribution in [3.05, 3.63) is 491 Å². The molecular weight excluding hydrogens is 1830 g/mol. The number of benzene rings is 21. The van der Waals surface area contributed by atoms with E-state index in [2.05, 4.69) is 512 Å². The molecule has 3 aromatic heterocycles. The molecule has 0 N–H and O–H groups in total. The van der Waals surface area contributed by atoms with Crippen LogP contribution in [0.1, 0.15) is 0 Å². The van der Waals surface area contributed by atoms with Gasteiger partial charge in [0.2, 0.25) is 0 Å². The van der Waals surface area contributed by atoms with E-state index < -0.39 is 24.2 Å². The zero-order valence-corrected chi connectivity index (χ0v) is 85.3. The maximum Gasteiger partial charge on any atom is 0.164 e. The van der Waals surface area contributed by atoms with Crippen molar-refractivity contribution in [2.75, 3.05) is 0 Å². The topological polar surface area (TPSA) is 116 Å². The average molecular weight is 1930 g/mol. The first-order valence-electron chi connectivity index (χ1n) is 50.3. The molecule has 6 heterocycles. The third kappa shape index (κ3) is 17.3. The van der Waals surface area contributed by atoms with Crippen LogP contribution in [-0.2, 0) is 0 Å². The molecule has 0 atom stereocenters. The molecule has 0 radical (unpaired) electrons. The van der Waals surface area contributed by atoms with E-state index in [1.807, 2.05) is 18.2 Å². The standard InChI is InChI=1S/3C45H33N3Si/c1-49(2)40-20-9-8-18-38(40)42-39(19-11-21-41(42)49)45-47-43(46-44(48-45)37-17-10-16-35(29-37)30-12-4-3-5-13-30)33-25-22-32(23-26-33)36-27-24-31-14-6-7-15-34(31)28-36;1-49(2)41-18-9-8-17-39(41)40-29-38(25-26-42(40)49)45-47-43(46-44(48-45)37-16-10-15-35(28-37)30-11-4-3-5-12-30)33-22-19-32(20-23-33)36-24-21-31-13-6-7-14-34(31)27-36;1-49(2)41-18-9-8-17-39(41)40-26-25-38(29-42(40)49)45-47-43(46-44(48-45)37-16-10-15-35(28-37)30-11-4-3-5-12-30)33-22-19-32(20-23-33)36-24-21-31-13-6-7-14-34(31)27-36/h3*3-29H,1-2H3. The Balaban J connectivity index is 0.000000115. The number of aromatic nitrogens is 9. The van der Waals surface area contributed by atoms with Crippen molar-refractivity contribution in [1.29, 1.82) is 0 Å². The van der Waals surface area contributed by atoms with Crippen molar-refractivity contribution in [2.45, 2.75) is 39.3 Å². The van der Waals surface area contributed by atoms with Crippen LogP contribution in [0.5, 0.6) is 0 Å². The highest BCUT2D eigenvalue weighted by molar-refractivity contribution is 7.05. The highest BCUT2D eigenvalue weighted by atomic mass is 28.3. The summed E-state index contributed by atoms with van der Waals surface area (Å²) in [7, 11) is -5.52. The third-order valence-electron chi connectivity index (χ3n) is 29.8. The van der Waals surface area contributed by atoms with Crippen LogP contribution in [0.4, 0.5) is 0 Å². The van der Waals surface area contributed by atoms with Gasteiger partial charge in [-0.15, -0.1) is 0 Å². The van der Waals surface area contributed by atoms with E-state index in [9.17, 15) is 0 Å². The number of nitrogens with zero attached hydrogens (tertiary/aromatic N) is 9. The summed E-state index contributed by atoms with van der Waals surface area (Å²) < 4.78 is 0. The van der Waals surface area contributed by atoms with Crippen molar-refractivity contribution in [3.8, 4) is 203 Å². The summed E-state index contributed by atoms with van der Waals surface area (Å²) in [4.78, 5) is 46.3. The molecule has 0 saturated heterocycles. The molecule has 24 aromatic rings. The van der Waals surface area contributed by atoms with Gasteiger partial charge in [0.25, 0.3) is 0 Å². The summed E-state index contributed by atoms with van der Waals surface area (Å²) in [6.07, 6.45) is 0. The Bertz CT molecular complexity index is 9250. The second-order valence-corrected chi connectivity index (χ2v) is 52.9. The van der Waals surface area contributed by atoms with Gasteiger partial charge in [-0.2, -0.15) is 0 Å². The van der Waals surface area contributed by atoms with Crippen molar-refractivity contribution in [2.24, 2.45) is 0 Å². The lowest BCUT2D eigenvalue weighted by molar-refractivity contribution is 1.07. The van der Waals surface area contributed by atoms with Gasteiger partial charge in [0.1, 0.15) is 24.2 Å². The molecule has 0 saturated carbocycles. The molecular formula is C135H99N9Si3. The fourth-order valence-electron chi connectivity index (χ4n) is 21.9. The van der Waals surface area contributed by atoms with E-state index in [-0.39, 0.29) is 0 Å². The number of rotatable bonds is 15. The lowest BCUT2D eigenvalue weighted by atomic mass is 9.98. The molecule has 147 heavy (non-hydrogen) atoms. The first kappa shape index (κ1) is 90.4. The summed E-state index contributed by atoms with van der Waals surface area (Å²) in [5.74, 6) is 6.03. The van der Waals surface area contributed by atoms with E-state index in [1.54, 1.807) is 0 Å². The first-order valence-corrected chi connectivity index (χ1v) is 59.3. The summed E-state index contributed by atoms with van der Waals surface area (Å²) >= 11 is 0. The van der Waals surface area contributed by atoms with Crippen molar-refractivity contribution in [1.82, 2.24) is 44.9 Å². The molecule has 12 heteroatoms. The minimum absolute atomic E-state index is 0.658. The molecule has 0 fully saturated rings. The summed E-state index contributed by atoms with van der Waals surface area (Å²) in [5, 5.41) is 16.2. The quantitative estimate of drug-likeness (QED) is 0.0925. The summed E-state index contributed by atoms with van der Waals surface area (Å²) in [5.41, 5.74) is 30.6. The van der Waals surface area contributed by atoms with Gasteiger partial charge in [-0.05, 0) is 206 Å². The van der Waals surface area contributed by atoms with Gasteiger partial charge >= 0.3 is 0 Å². The molecule has 27 rings (SSSR count). The largest absolute Gasteiger partial charge is 0.208 e. The monoisotopic (exact) mass is 1930 g/mol. The van der Waals surface area contributed by atoms with Gasteiger partial charge in [0.05, 0.1) is 0 Å². The molecule has 0 amide bonds. The van der Waals surface area contributed by atoms with Crippen LogP contribution >= 0.6 is 0 Å². The Kier molecular flexibility index (Phi) is 23.2. The second-order valence-electron chi connectivity index (χ2n) is 39.9. The molecule has 3 aliphatic rings. The Morgan fingerprint density at radius 2 is 0.340 bits per heavy atom. The van der Waals surface area contributed by atoms with Crippen LogP contribution in [0.3, 0.4) is 0 Å². The SMILES string of the molecule is C[Si]1(C)c2ccccc2-c2c(-c3nc(-c4ccc(-c5ccc6ccccc6c5)cc4)nc(-c4cccc(-c5ccccc5)c4)n3)cccc21.C[Si]1(C)c2ccccc2-c2cc(-c3nc(-c4ccc(-c5ccc6ccccc6c5)cc4)nc(-c4cccc(-c5ccccc5)c4)n3)ccc21.C[Si]1(C)c2ccccc2-c2ccc(-c3nc(-c4ccc(-c5ccc6ccccc6c5)cc4)nc(-c4cccc(-c5ccccc5)c4)n3)cc21. The molecule has 3 aliphatic heterocycles. The van der Waals surface area contributed by atoms with Crippen LogP contribution in [0.15, 0.2) is 491 Å². The summed E-state index contributed by atoms with van der Waals surface area (Å²) in [6, 6.07) is 175. The molecule has 696 valence electrons. The predicted octanol–water partition coefficient (Wildman–Crippen LogP) is 30.5. The zero-order chi connectivity index (χ0) is 98.9. The minimum Gasteiger partial charge on any atom is -0.208 e. The molecule has 9 nitrogen and oxygen atoms in total. The van der Waals surface area contributed by atoms with Gasteiger partial charge in [0.15, 0.2) is 52.4 Å². The zero-order valence-electron chi connectivity index (χ0n) is 82.3. The predicted molar refractivity (Wildman–Crippen MR) is 620 cm³/mol. The highest BCUT2D eigenvalue weighted by Gasteiger charge is 2.41. The number of hydrogen-bond donors (Lipinski definition) is 0. The van der Waals surface area contributed by atoms with Crippen LogP contribution in [-0.4, -0.2) is 69.1 Å². The lowest BCUT2D eigenvalue weighted by Crippen LogP contribution is -2.49. The molecule has 21 aromatic carbocycles. The number of hydrogen-bond acceptors (Lipinski definition) is 9. The smallest absolute Gasteiger partial charge is 0.164 e. The van der Waals surface area contributed by atoms with Gasteiger partial charge in [-0.25, -0.2) is 44.9 Å². The van der Waals surface area contributed by atoms with Crippen molar-refractivity contribution in [3.63, 3.8) is 0 Å². The maximum atomic E-state index is 5.22. The van der Waals surface area contributed by atoms with Gasteiger partial charge in [-0.1, -0.05) is 488 Å². The average Bonchev–Trinajstić information content (AvgIpc) is 1.55. The fraction of sp³-hybridized carbons (Fsp3) is 0.0444. The molecule has 0 spiro atoms. The normalized spacial score (nSPS) is 12.9. The van der Waals surface area contributed by atoms with Crippen LogP contribution in [0.2, 0.25) is 39.3 Å². The fourth-order valence-corrected chi connectivity index (χ4v) is 31.1. The Hall–Kier alpha value is -17.9. The highest BCUT2D eigenvalue weighted by Crippen LogP contribution is 2.43. The number of fused-ring (bicyclic) bond motifs is 12. The Morgan fingerprint density at radius 3 is 0.741 bits per heavy atom. The van der Waals surface area contributed by atoms with Crippen molar-refractivity contribution < 1.29 is 0 Å². The minimum atomic E-state index is -1.87. The van der Waals surface area contributed by atoms with Crippen molar-refractivity contribution >= 4 is 87.7 Å². The van der Waals surface area contributed by atoms with Crippen LogP contribution in [0, 0.1) is 0 Å². The van der Waals surface area contributed by atoms with E-state index >= 15 is 0 Å². The molecule has 0 aliphatic carbocycles. The second kappa shape index (κ2) is 37.7. The first-order chi connectivity index (χ1) is 72.0. The summed E-state index contributed by atoms with van der Waals surface area (Å²) in [6.45, 7) is 14.7. The van der Waals surface area contributed by atoms with E-state index in [4.69, 9.17) is 44.9 Å². The lowest BCUT2D eigenvalue weighted by Gasteiger charge is -2.19. The van der Waals surface area contributed by atoms with Gasteiger partial charge in [0, 0.05) is 50.1 Å². The third-order valence-corrected chi connectivity index (χ3v) is 40.5. The van der Waals surface area contributed by atoms with Gasteiger partial charge in [-0.3, -0.25) is 0 Å². The van der Waals surface area contributed by atoms with Crippen LogP contribution < -0.4 is 31.1 Å². The van der Waals surface area contributed by atoms with E-state index in [0.717, 1.165) is 100 Å². The molecule has 0 bridgehead atoms. The maximum absolute atomic E-state index is 5.22. The van der Waals surface area contributed by atoms with Gasteiger partial charge < -0.3 is 0 Å². The van der Waals surface area contributed by atoms with Crippen LogP contribution in [0.25, 0.3) is 235 Å². The Morgan fingerprint density at radius 1 is 0.116 bits per heavy atom. The van der Waals surface area contributed by atoms with E-state index in [1.165, 1.54) is 114 Å². The van der Waals surface area contributed by atoms with E-state index in [0.29, 0.717) is 52.4 Å². The molecule has 0 unspecified atom stereocenters.